The topological polar surface area (TPSA) is 130 Å². The number of carboxylic acids is 1. The molecule has 3 aromatic rings. The van der Waals surface area contributed by atoms with E-state index in [4.69, 9.17) is 4.42 Å². The van der Waals surface area contributed by atoms with Crippen LogP contribution in [-0.2, 0) is 9.59 Å². The molecule has 0 aliphatic carbocycles. The van der Waals surface area contributed by atoms with Crippen LogP contribution < -0.4 is 10.2 Å². The summed E-state index contributed by atoms with van der Waals surface area (Å²) in [5, 5.41) is 11.4. The average Bonchev–Trinajstić information content (AvgIpc) is 3.20. The van der Waals surface area contributed by atoms with E-state index in [0.717, 1.165) is 4.90 Å². The van der Waals surface area contributed by atoms with Gasteiger partial charge in [-0.3, -0.25) is 19.9 Å². The van der Waals surface area contributed by atoms with Crippen molar-refractivity contribution in [2.45, 2.75) is 0 Å². The second kappa shape index (κ2) is 7.47. The molecule has 1 aliphatic rings. The third-order valence-electron chi connectivity index (χ3n) is 4.34. The first-order chi connectivity index (χ1) is 14.5. The van der Waals surface area contributed by atoms with Crippen LogP contribution in [0.5, 0.6) is 0 Å². The van der Waals surface area contributed by atoms with E-state index in [9.17, 15) is 24.3 Å². The summed E-state index contributed by atoms with van der Waals surface area (Å²) in [4.78, 5) is 53.3. The number of urea groups is 1. The van der Waals surface area contributed by atoms with Gasteiger partial charge >= 0.3 is 12.0 Å². The van der Waals surface area contributed by atoms with Crippen LogP contribution in [0, 0.1) is 0 Å². The number of carbonyl (C=O) groups is 4. The molecule has 1 saturated heterocycles. The van der Waals surface area contributed by atoms with Crippen molar-refractivity contribution < 1.29 is 28.7 Å². The van der Waals surface area contributed by atoms with Crippen LogP contribution in [-0.4, -0.2) is 33.9 Å². The molecule has 0 radical (unpaired) electrons. The lowest BCUT2D eigenvalue weighted by molar-refractivity contribution is -0.122. The molecule has 148 valence electrons. The molecule has 30 heavy (non-hydrogen) atoms. The molecule has 0 unspecified atom stereocenters. The van der Waals surface area contributed by atoms with Gasteiger partial charge in [0.1, 0.15) is 17.1 Å². The second-order valence-corrected chi connectivity index (χ2v) is 6.22. The Bertz CT molecular complexity index is 1210. The van der Waals surface area contributed by atoms with Crippen LogP contribution in [0.1, 0.15) is 16.1 Å². The van der Waals surface area contributed by atoms with Gasteiger partial charge in [0, 0.05) is 11.8 Å². The number of nitrogens with one attached hydrogen (secondary N) is 1. The van der Waals surface area contributed by atoms with Crippen molar-refractivity contribution in [3.63, 3.8) is 0 Å². The molecule has 0 spiro atoms. The van der Waals surface area contributed by atoms with Crippen LogP contribution in [0.2, 0.25) is 0 Å². The Labute approximate surface area is 169 Å². The van der Waals surface area contributed by atoms with Gasteiger partial charge in [0.15, 0.2) is 0 Å². The van der Waals surface area contributed by atoms with Crippen LogP contribution in [0.3, 0.4) is 0 Å². The van der Waals surface area contributed by atoms with E-state index in [1.807, 2.05) is 0 Å². The smallest absolute Gasteiger partial charge is 0.336 e. The minimum absolute atomic E-state index is 0.0471. The number of benzene rings is 1. The summed E-state index contributed by atoms with van der Waals surface area (Å²) in [5.41, 5.74) is 0.284. The number of pyridine rings is 1. The molecule has 1 aromatic carbocycles. The van der Waals surface area contributed by atoms with E-state index in [1.54, 1.807) is 24.3 Å². The second-order valence-electron chi connectivity index (χ2n) is 6.22. The number of furan rings is 1. The summed E-state index contributed by atoms with van der Waals surface area (Å²) < 4.78 is 5.64. The Morgan fingerprint density at radius 3 is 2.60 bits per heavy atom. The van der Waals surface area contributed by atoms with E-state index < -0.39 is 23.8 Å². The fourth-order valence-corrected chi connectivity index (χ4v) is 2.98. The van der Waals surface area contributed by atoms with E-state index in [2.05, 4.69) is 10.3 Å². The van der Waals surface area contributed by atoms with E-state index in [0.29, 0.717) is 5.56 Å². The lowest BCUT2D eigenvalue weighted by atomic mass is 10.1. The molecule has 9 heteroatoms. The normalized spacial score (nSPS) is 15.4. The minimum Gasteiger partial charge on any atom is -0.478 e. The van der Waals surface area contributed by atoms with E-state index in [-0.39, 0.29) is 28.3 Å². The average molecular weight is 403 g/mol. The monoisotopic (exact) mass is 403 g/mol. The molecule has 0 saturated carbocycles. The highest BCUT2D eigenvalue weighted by molar-refractivity contribution is 6.39. The lowest BCUT2D eigenvalue weighted by Crippen LogP contribution is -2.54. The highest BCUT2D eigenvalue weighted by Crippen LogP contribution is 2.28. The molecule has 0 bridgehead atoms. The molecule has 0 atom stereocenters. The Morgan fingerprint density at radius 2 is 1.87 bits per heavy atom. The number of hydrogen-bond acceptors (Lipinski definition) is 6. The maximum absolute atomic E-state index is 12.8. The highest BCUT2D eigenvalue weighted by Gasteiger charge is 2.37. The van der Waals surface area contributed by atoms with Crippen molar-refractivity contribution in [2.24, 2.45) is 0 Å². The predicted molar refractivity (Wildman–Crippen MR) is 104 cm³/mol. The van der Waals surface area contributed by atoms with Crippen LogP contribution in [0.4, 0.5) is 10.5 Å². The largest absolute Gasteiger partial charge is 0.478 e. The number of amides is 4. The van der Waals surface area contributed by atoms with Gasteiger partial charge < -0.3 is 9.52 Å². The molecule has 9 nitrogen and oxygen atoms in total. The first-order valence-electron chi connectivity index (χ1n) is 8.69. The Balaban J connectivity index is 1.70. The lowest BCUT2D eigenvalue weighted by Gasteiger charge is -2.25. The SMILES string of the molecule is O=C1NC(=O)N(c2cccnc2)C(=O)C1=Cc1ccc(-c2ccccc2C(=O)O)o1. The maximum atomic E-state index is 12.8. The van der Waals surface area contributed by atoms with Crippen LogP contribution in [0.25, 0.3) is 17.4 Å². The molecule has 4 rings (SSSR count). The van der Waals surface area contributed by atoms with Crippen molar-refractivity contribution in [1.82, 2.24) is 10.3 Å². The highest BCUT2D eigenvalue weighted by atomic mass is 16.4. The van der Waals surface area contributed by atoms with E-state index in [1.165, 1.54) is 42.7 Å². The van der Waals surface area contributed by atoms with Gasteiger partial charge in [-0.2, -0.15) is 0 Å². The number of nitrogens with zero attached hydrogens (tertiary/aromatic N) is 2. The predicted octanol–water partition coefficient (Wildman–Crippen LogP) is 2.71. The van der Waals surface area contributed by atoms with Crippen molar-refractivity contribution in [1.29, 1.82) is 0 Å². The van der Waals surface area contributed by atoms with Gasteiger partial charge in [-0.25, -0.2) is 14.5 Å². The van der Waals surface area contributed by atoms with Gasteiger partial charge in [-0.05, 0) is 36.4 Å². The molecule has 2 N–H and O–H groups in total. The Kier molecular flexibility index (Phi) is 4.69. The maximum Gasteiger partial charge on any atom is 0.336 e. The first-order valence-corrected chi connectivity index (χ1v) is 8.69. The molecule has 2 aromatic heterocycles. The zero-order valence-electron chi connectivity index (χ0n) is 15.2. The summed E-state index contributed by atoms with van der Waals surface area (Å²) in [6, 6.07) is 11.5. The Hall–Kier alpha value is -4.53. The molecule has 4 amide bonds. The molecule has 1 aliphatic heterocycles. The zero-order valence-corrected chi connectivity index (χ0v) is 15.2. The van der Waals surface area contributed by atoms with Gasteiger partial charge in [-0.1, -0.05) is 18.2 Å². The number of hydrogen-bond donors (Lipinski definition) is 2. The Morgan fingerprint density at radius 1 is 1.07 bits per heavy atom. The summed E-state index contributed by atoms with van der Waals surface area (Å²) in [5.74, 6) is -2.42. The van der Waals surface area contributed by atoms with Crippen LogP contribution in [0.15, 0.2) is 70.9 Å². The number of anilines is 1. The van der Waals surface area contributed by atoms with Crippen LogP contribution >= 0.6 is 0 Å². The van der Waals surface area contributed by atoms with E-state index >= 15 is 0 Å². The number of imide groups is 2. The number of aromatic nitrogens is 1. The summed E-state index contributed by atoms with van der Waals surface area (Å²) in [6.45, 7) is 0. The number of rotatable bonds is 4. The standard InChI is InChI=1S/C21H13N3O6/c25-18-16(19(26)24(21(29)23-18)12-4-3-9-22-11-12)10-13-7-8-17(30-13)14-5-1-2-6-15(14)20(27)28/h1-11H,(H,27,28)(H,23,25,29). The molecule has 1 fully saturated rings. The van der Waals surface area contributed by atoms with Crippen molar-refractivity contribution in [2.75, 3.05) is 4.90 Å². The summed E-state index contributed by atoms with van der Waals surface area (Å²) in [7, 11) is 0. The minimum atomic E-state index is -1.12. The number of carbonyl (C=O) groups excluding carboxylic acids is 3. The van der Waals surface area contributed by atoms with Crippen molar-refractivity contribution >= 4 is 35.6 Å². The molecule has 3 heterocycles. The fraction of sp³-hybridized carbons (Fsp3) is 0. The zero-order chi connectivity index (χ0) is 21.3. The summed E-state index contributed by atoms with van der Waals surface area (Å²) >= 11 is 0. The van der Waals surface area contributed by atoms with Gasteiger partial charge in [0.2, 0.25) is 0 Å². The number of aromatic carboxylic acids is 1. The van der Waals surface area contributed by atoms with Crippen molar-refractivity contribution in [3.8, 4) is 11.3 Å². The molecular formula is C21H13N3O6. The van der Waals surface area contributed by atoms with Gasteiger partial charge in [-0.15, -0.1) is 0 Å². The van der Waals surface area contributed by atoms with Gasteiger partial charge in [0.05, 0.1) is 17.4 Å². The quantitative estimate of drug-likeness (QED) is 0.506. The summed E-state index contributed by atoms with van der Waals surface area (Å²) in [6.07, 6.45) is 4.00. The number of carboxylic acid groups (broad SMARTS) is 1. The fourth-order valence-electron chi connectivity index (χ4n) is 2.98. The third kappa shape index (κ3) is 3.35. The van der Waals surface area contributed by atoms with Gasteiger partial charge in [0.25, 0.3) is 11.8 Å². The third-order valence-corrected chi connectivity index (χ3v) is 4.34. The van der Waals surface area contributed by atoms with Crippen molar-refractivity contribution in [3.05, 3.63) is 77.8 Å². The molecular weight excluding hydrogens is 390 g/mol. The number of barbiturate groups is 1. The first kappa shape index (κ1) is 18.8.